The van der Waals surface area contributed by atoms with E-state index < -0.39 is 15.9 Å². The monoisotopic (exact) mass is 348 g/mol. The lowest BCUT2D eigenvalue weighted by atomic mass is 10.1. The lowest BCUT2D eigenvalue weighted by Crippen LogP contribution is -2.11. The third-order valence-corrected chi connectivity index (χ3v) is 4.61. The number of hydrogen-bond donors (Lipinski definition) is 0. The van der Waals surface area contributed by atoms with E-state index in [9.17, 15) is 12.8 Å². The molecule has 0 aliphatic heterocycles. The summed E-state index contributed by atoms with van der Waals surface area (Å²) >= 11 is 11.8. The Morgan fingerprint density at radius 2 is 1.52 bits per heavy atom. The first-order chi connectivity index (χ1) is 9.72. The molecule has 0 atom stereocenters. The van der Waals surface area contributed by atoms with Crippen LogP contribution in [0.25, 0.3) is 0 Å². The highest BCUT2D eigenvalue weighted by Crippen LogP contribution is 2.34. The van der Waals surface area contributed by atoms with Crippen molar-refractivity contribution in [1.82, 2.24) is 0 Å². The van der Waals surface area contributed by atoms with Crippen LogP contribution in [0, 0.1) is 19.7 Å². The van der Waals surface area contributed by atoms with E-state index in [2.05, 4.69) is 0 Å². The zero-order valence-electron chi connectivity index (χ0n) is 11.2. The average molecular weight is 349 g/mol. The summed E-state index contributed by atoms with van der Waals surface area (Å²) in [6, 6.07) is 6.88. The highest BCUT2D eigenvalue weighted by molar-refractivity contribution is 7.87. The predicted octanol–water partition coefficient (Wildman–Crippen LogP) is 4.52. The molecule has 2 aromatic carbocycles. The van der Waals surface area contributed by atoms with Crippen molar-refractivity contribution in [3.05, 3.63) is 57.3 Å². The Bertz CT molecular complexity index is 761. The van der Waals surface area contributed by atoms with Gasteiger partial charge >= 0.3 is 10.1 Å². The van der Waals surface area contributed by atoms with Crippen molar-refractivity contribution in [1.29, 1.82) is 0 Å². The molecule has 0 unspecified atom stereocenters. The number of para-hydroxylation sites is 1. The van der Waals surface area contributed by atoms with Gasteiger partial charge in [0.05, 0.1) is 10.0 Å². The van der Waals surface area contributed by atoms with Crippen molar-refractivity contribution in [3.8, 4) is 5.75 Å². The largest absolute Gasteiger partial charge is 0.376 e. The van der Waals surface area contributed by atoms with E-state index >= 15 is 0 Å². The van der Waals surface area contributed by atoms with Gasteiger partial charge in [-0.25, -0.2) is 4.39 Å². The van der Waals surface area contributed by atoms with Crippen molar-refractivity contribution in [3.63, 3.8) is 0 Å². The summed E-state index contributed by atoms with van der Waals surface area (Å²) < 4.78 is 43.1. The average Bonchev–Trinajstić information content (AvgIpc) is 2.40. The van der Waals surface area contributed by atoms with Crippen LogP contribution >= 0.6 is 23.2 Å². The van der Waals surface area contributed by atoms with Crippen molar-refractivity contribution < 1.29 is 17.0 Å². The number of aryl methyl sites for hydroxylation is 2. The topological polar surface area (TPSA) is 43.4 Å². The van der Waals surface area contributed by atoms with Crippen molar-refractivity contribution >= 4 is 33.3 Å². The summed E-state index contributed by atoms with van der Waals surface area (Å²) in [4.78, 5) is -0.158. The second-order valence-electron chi connectivity index (χ2n) is 4.46. The molecule has 3 nitrogen and oxygen atoms in total. The van der Waals surface area contributed by atoms with Crippen molar-refractivity contribution in [2.45, 2.75) is 18.7 Å². The third-order valence-electron chi connectivity index (χ3n) is 2.81. The van der Waals surface area contributed by atoms with Gasteiger partial charge in [-0.05, 0) is 49.2 Å². The normalized spacial score (nSPS) is 11.5. The molecule has 0 aliphatic rings. The van der Waals surface area contributed by atoms with Gasteiger partial charge in [0.2, 0.25) is 0 Å². The van der Waals surface area contributed by atoms with E-state index in [0.717, 1.165) is 0 Å². The molecule has 0 N–H and O–H groups in total. The van der Waals surface area contributed by atoms with Gasteiger partial charge in [0.15, 0.2) is 5.75 Å². The molecule has 21 heavy (non-hydrogen) atoms. The first-order valence-electron chi connectivity index (χ1n) is 5.87. The lowest BCUT2D eigenvalue weighted by Gasteiger charge is -2.11. The van der Waals surface area contributed by atoms with Gasteiger partial charge in [0, 0.05) is 0 Å². The van der Waals surface area contributed by atoms with Gasteiger partial charge in [0.1, 0.15) is 10.7 Å². The molecule has 0 spiro atoms. The van der Waals surface area contributed by atoms with E-state index in [0.29, 0.717) is 0 Å². The molecule has 0 amide bonds. The highest BCUT2D eigenvalue weighted by Gasteiger charge is 2.22. The van der Waals surface area contributed by atoms with Crippen LogP contribution in [0.3, 0.4) is 0 Å². The highest BCUT2D eigenvalue weighted by atomic mass is 35.5. The molecule has 0 fully saturated rings. The van der Waals surface area contributed by atoms with Gasteiger partial charge in [-0.3, -0.25) is 0 Å². The molecule has 0 heterocycles. The quantitative estimate of drug-likeness (QED) is 0.766. The Hall–Kier alpha value is -1.30. The molecule has 0 aromatic heterocycles. The van der Waals surface area contributed by atoms with Crippen LogP contribution in [-0.4, -0.2) is 8.42 Å². The summed E-state index contributed by atoms with van der Waals surface area (Å²) in [5.74, 6) is -0.606. The molecular formula is C14H11Cl2FO3S. The van der Waals surface area contributed by atoms with Crippen LogP contribution in [0.4, 0.5) is 4.39 Å². The maximum atomic E-state index is 13.6. The van der Waals surface area contributed by atoms with E-state index in [1.807, 2.05) is 0 Å². The van der Waals surface area contributed by atoms with E-state index in [1.54, 1.807) is 6.07 Å². The summed E-state index contributed by atoms with van der Waals surface area (Å²) in [6.07, 6.45) is 0. The fourth-order valence-corrected chi connectivity index (χ4v) is 3.47. The molecule has 0 saturated heterocycles. The Labute approximate surface area is 132 Å². The van der Waals surface area contributed by atoms with Crippen LogP contribution in [0.15, 0.2) is 35.2 Å². The SMILES string of the molecule is Cc1cc(S(=O)(=O)Oc2c(Cl)cccc2Cl)cc(C)c1F. The van der Waals surface area contributed by atoms with Crippen LogP contribution in [0.1, 0.15) is 11.1 Å². The summed E-state index contributed by atoms with van der Waals surface area (Å²) in [7, 11) is -4.16. The number of benzene rings is 2. The maximum Gasteiger partial charge on any atom is 0.339 e. The van der Waals surface area contributed by atoms with Crippen molar-refractivity contribution in [2.24, 2.45) is 0 Å². The summed E-state index contributed by atoms with van der Waals surface area (Å²) in [5, 5.41) is 0.142. The van der Waals surface area contributed by atoms with Gasteiger partial charge in [0.25, 0.3) is 0 Å². The number of rotatable bonds is 3. The van der Waals surface area contributed by atoms with Gasteiger partial charge < -0.3 is 4.18 Å². The fourth-order valence-electron chi connectivity index (χ4n) is 1.77. The van der Waals surface area contributed by atoms with E-state index in [1.165, 1.54) is 38.1 Å². The Morgan fingerprint density at radius 3 is 2.00 bits per heavy atom. The van der Waals surface area contributed by atoms with E-state index in [4.69, 9.17) is 27.4 Å². The number of hydrogen-bond acceptors (Lipinski definition) is 3. The molecule has 7 heteroatoms. The van der Waals surface area contributed by atoms with Crippen LogP contribution in [-0.2, 0) is 10.1 Å². The lowest BCUT2D eigenvalue weighted by molar-refractivity contribution is 0.485. The van der Waals surface area contributed by atoms with Gasteiger partial charge in [-0.1, -0.05) is 29.3 Å². The summed E-state index contributed by atoms with van der Waals surface area (Å²) in [6.45, 7) is 2.95. The first-order valence-corrected chi connectivity index (χ1v) is 8.04. The van der Waals surface area contributed by atoms with Crippen LogP contribution < -0.4 is 4.18 Å². The molecule has 0 aliphatic carbocycles. The Kier molecular flexibility index (Phi) is 4.46. The van der Waals surface area contributed by atoms with Gasteiger partial charge in [-0.2, -0.15) is 8.42 Å². The molecule has 0 radical (unpaired) electrons. The summed E-state index contributed by atoms with van der Waals surface area (Å²) in [5.41, 5.74) is 0.421. The molecule has 2 aromatic rings. The molecule has 112 valence electrons. The molecule has 0 bridgehead atoms. The predicted molar refractivity (Wildman–Crippen MR) is 80.1 cm³/mol. The minimum atomic E-state index is -4.16. The second kappa shape index (κ2) is 5.83. The smallest absolute Gasteiger partial charge is 0.339 e. The van der Waals surface area contributed by atoms with Crippen molar-refractivity contribution in [2.75, 3.05) is 0 Å². The Morgan fingerprint density at radius 1 is 1.05 bits per heavy atom. The standard InChI is InChI=1S/C14H11Cl2FO3S/c1-8-6-10(7-9(2)13(8)17)21(18,19)20-14-11(15)4-3-5-12(14)16/h3-7H,1-2H3. The van der Waals surface area contributed by atoms with Gasteiger partial charge in [-0.15, -0.1) is 0 Å². The Balaban J connectivity index is 2.49. The zero-order chi connectivity index (χ0) is 15.8. The first kappa shape index (κ1) is 16.1. The van der Waals surface area contributed by atoms with Crippen LogP contribution in [0.5, 0.6) is 5.75 Å². The fraction of sp³-hybridized carbons (Fsp3) is 0.143. The minimum Gasteiger partial charge on any atom is -0.376 e. The second-order valence-corrected chi connectivity index (χ2v) is 6.82. The molecular weight excluding hydrogens is 338 g/mol. The third kappa shape index (κ3) is 3.31. The zero-order valence-corrected chi connectivity index (χ0v) is 13.5. The van der Waals surface area contributed by atoms with E-state index in [-0.39, 0.29) is 31.8 Å². The number of halogens is 3. The molecule has 2 rings (SSSR count). The molecule has 0 saturated carbocycles. The van der Waals surface area contributed by atoms with Crippen LogP contribution in [0.2, 0.25) is 10.0 Å². The minimum absolute atomic E-state index is 0.0710. The maximum absolute atomic E-state index is 13.6.